The molecule has 8 aromatic carbocycles. The van der Waals surface area contributed by atoms with Gasteiger partial charge in [0.1, 0.15) is 24.0 Å². The molecule has 0 atom stereocenters. The minimum atomic E-state index is -0.428. The first-order valence-corrected chi connectivity index (χ1v) is 23.3. The van der Waals surface area contributed by atoms with Crippen LogP contribution in [0.4, 0.5) is 22.7 Å². The predicted molar refractivity (Wildman–Crippen MR) is 286 cm³/mol. The number of hydrogen-bond donors (Lipinski definition) is 0. The number of ether oxygens (including phenoxy) is 1. The molecule has 0 unspecified atom stereocenters. The molecule has 0 aliphatic carbocycles. The lowest BCUT2D eigenvalue weighted by Crippen LogP contribution is -2.25. The van der Waals surface area contributed by atoms with E-state index in [1.807, 2.05) is 43.3 Å². The fraction of sp³-hybridized carbons (Fsp3) is 0.159. The molecule has 0 amide bonds. The van der Waals surface area contributed by atoms with Gasteiger partial charge < -0.3 is 14.5 Å². The molecule has 334 valence electrons. The Labute approximate surface area is 407 Å². The molecule has 0 saturated heterocycles. The van der Waals surface area contributed by atoms with E-state index < -0.39 is 6.04 Å². The molecule has 0 N–H and O–H groups in total. The van der Waals surface area contributed by atoms with E-state index in [1.165, 1.54) is 16.7 Å². The molecule has 2 aromatic heterocycles. The average molecular weight is 890 g/mol. The summed E-state index contributed by atoms with van der Waals surface area (Å²) in [6, 6.07) is 55.7. The Morgan fingerprint density at radius 2 is 1.18 bits per heavy atom. The molecular formula is C63H56N4O. The molecule has 10 aromatic rings. The number of fused-ring (bicyclic) bond motifs is 4. The topological polar surface area (TPSA) is 33.5 Å². The van der Waals surface area contributed by atoms with Gasteiger partial charge in [-0.05, 0) is 99.7 Å². The molecule has 0 radical (unpaired) electrons. The van der Waals surface area contributed by atoms with Gasteiger partial charge in [-0.25, -0.2) is 4.98 Å². The van der Waals surface area contributed by atoms with Crippen LogP contribution in [0, 0.1) is 6.92 Å². The van der Waals surface area contributed by atoms with Gasteiger partial charge in [0.25, 0.3) is 0 Å². The smallest absolute Gasteiger partial charge is 0.137 e. The van der Waals surface area contributed by atoms with Gasteiger partial charge in [0.15, 0.2) is 0 Å². The summed E-state index contributed by atoms with van der Waals surface area (Å²) in [6.45, 7) is 16.2. The largest absolute Gasteiger partial charge is 0.457 e. The van der Waals surface area contributed by atoms with Crippen molar-refractivity contribution in [2.24, 2.45) is 0 Å². The van der Waals surface area contributed by atoms with Crippen molar-refractivity contribution < 1.29 is 11.6 Å². The number of benzene rings is 8. The highest BCUT2D eigenvalue weighted by Crippen LogP contribution is 2.51. The number of aryl methyl sites for hydroxylation is 1. The Morgan fingerprint density at radius 1 is 0.529 bits per heavy atom. The summed E-state index contributed by atoms with van der Waals surface area (Å²) < 4.78 is 51.4. The molecule has 1 aliphatic rings. The van der Waals surface area contributed by atoms with Crippen molar-refractivity contribution in [1.82, 2.24) is 9.55 Å². The quantitative estimate of drug-likeness (QED) is 0.152. The molecule has 1 aliphatic heterocycles. The fourth-order valence-electron chi connectivity index (χ4n) is 9.60. The van der Waals surface area contributed by atoms with Crippen molar-refractivity contribution >= 4 is 44.6 Å². The van der Waals surface area contributed by atoms with Gasteiger partial charge in [0, 0.05) is 57.2 Å². The van der Waals surface area contributed by atoms with Crippen molar-refractivity contribution in [2.45, 2.75) is 59.3 Å². The average Bonchev–Trinajstić information content (AvgIpc) is 3.94. The monoisotopic (exact) mass is 889 g/mol. The van der Waals surface area contributed by atoms with Crippen molar-refractivity contribution in [3.8, 4) is 50.7 Å². The van der Waals surface area contributed by atoms with Crippen LogP contribution in [0.1, 0.15) is 65.1 Å². The molecular weight excluding hydrogens is 829 g/mol. The number of pyridine rings is 1. The third kappa shape index (κ3) is 7.78. The van der Waals surface area contributed by atoms with Crippen LogP contribution in [0.25, 0.3) is 61.0 Å². The van der Waals surface area contributed by atoms with Gasteiger partial charge in [0.05, 0.1) is 29.3 Å². The van der Waals surface area contributed by atoms with Gasteiger partial charge in [0.2, 0.25) is 0 Å². The van der Waals surface area contributed by atoms with Crippen LogP contribution in [-0.2, 0) is 10.8 Å². The molecule has 0 bridgehead atoms. The van der Waals surface area contributed by atoms with Crippen molar-refractivity contribution in [3.05, 3.63) is 217 Å². The Hall–Kier alpha value is -7.89. The molecule has 3 heterocycles. The maximum absolute atomic E-state index is 8.72. The number of aromatic nitrogens is 2. The first-order valence-electron chi connectivity index (χ1n) is 25.8. The highest BCUT2D eigenvalue weighted by Gasteiger charge is 2.33. The van der Waals surface area contributed by atoms with E-state index in [4.69, 9.17) is 16.6 Å². The van der Waals surface area contributed by atoms with Crippen LogP contribution in [0.3, 0.4) is 0 Å². The first kappa shape index (κ1) is 37.2. The third-order valence-electron chi connectivity index (χ3n) is 13.2. The maximum atomic E-state index is 8.72. The van der Waals surface area contributed by atoms with Crippen LogP contribution >= 0.6 is 0 Å². The molecule has 68 heavy (non-hydrogen) atoms. The normalized spacial score (nSPS) is 13.8. The Bertz CT molecular complexity index is 3740. The summed E-state index contributed by atoms with van der Waals surface area (Å²) in [5, 5.41) is 2.05. The molecule has 0 saturated carbocycles. The van der Waals surface area contributed by atoms with E-state index in [0.717, 1.165) is 66.8 Å². The van der Waals surface area contributed by atoms with Crippen LogP contribution < -0.4 is 14.5 Å². The zero-order chi connectivity index (χ0) is 51.1. The lowest BCUT2D eigenvalue weighted by atomic mass is 9.80. The Kier molecular flexibility index (Phi) is 9.18. The third-order valence-corrected chi connectivity index (χ3v) is 13.2. The zero-order valence-corrected chi connectivity index (χ0v) is 39.6. The first-order chi connectivity index (χ1) is 35.0. The summed E-state index contributed by atoms with van der Waals surface area (Å²) in [5.41, 5.74) is 14.4. The zero-order valence-electron chi connectivity index (χ0n) is 44.6. The molecule has 0 fully saturated rings. The van der Waals surface area contributed by atoms with Crippen LogP contribution in [-0.4, -0.2) is 16.2 Å². The van der Waals surface area contributed by atoms with E-state index in [1.54, 1.807) is 6.20 Å². The SMILES string of the molecule is [2H]c1c([2H])c([2H])c(-c2cnc(-n3c4cc(Oc5cccc(N6CN(c7cc(C(C)(C)C)cc(C(C)(C)C)c7)c7c(-c8ccccc8)cccc76)c5)ccc4c4cccc(-c5ccccc5)c43)cc2C)c([2H])c1[2H]. The van der Waals surface area contributed by atoms with Gasteiger partial charge >= 0.3 is 0 Å². The number of anilines is 4. The lowest BCUT2D eigenvalue weighted by Gasteiger charge is -2.30. The standard InChI is InChI=1S/C63H56N4O/c1-42-34-59(64-40-56(42)45-24-15-10-16-25-45)67-58-39-51(32-33-54(58)55-30-18-28-52(60(55)67)43-20-11-8-12-21-43)68-50-27-17-26-48(38-50)65-41-66(49-36-46(62(2,3)4)35-47(37-49)63(5,6)7)61-53(29-19-31-57(61)65)44-22-13-9-14-23-44/h8-40H,41H2,1-7H3/i10D,15D,16D,24D,25D. The molecule has 0 spiro atoms. The second-order valence-electron chi connectivity index (χ2n) is 19.8. The number of rotatable bonds is 8. The number of hydrogen-bond acceptors (Lipinski definition) is 4. The highest BCUT2D eigenvalue weighted by atomic mass is 16.5. The summed E-state index contributed by atoms with van der Waals surface area (Å²) in [4.78, 5) is 9.86. The van der Waals surface area contributed by atoms with Crippen LogP contribution in [0.2, 0.25) is 0 Å². The number of nitrogens with zero attached hydrogens (tertiary/aromatic N) is 4. The van der Waals surface area contributed by atoms with E-state index in [2.05, 4.69) is 183 Å². The highest BCUT2D eigenvalue weighted by molar-refractivity contribution is 6.14. The lowest BCUT2D eigenvalue weighted by molar-refractivity contribution is 0.483. The molecule has 5 nitrogen and oxygen atoms in total. The minimum Gasteiger partial charge on any atom is -0.457 e. The van der Waals surface area contributed by atoms with Gasteiger partial charge in [-0.3, -0.25) is 4.57 Å². The molecule has 11 rings (SSSR count). The second kappa shape index (κ2) is 16.8. The van der Waals surface area contributed by atoms with Gasteiger partial charge in [-0.15, -0.1) is 0 Å². The Balaban J connectivity index is 1.02. The minimum absolute atomic E-state index is 0.0536. The summed E-state index contributed by atoms with van der Waals surface area (Å²) in [7, 11) is 0. The molecule has 5 heteroatoms. The fourth-order valence-corrected chi connectivity index (χ4v) is 9.60. The van der Waals surface area contributed by atoms with Crippen molar-refractivity contribution in [2.75, 3.05) is 16.5 Å². The Morgan fingerprint density at radius 3 is 1.87 bits per heavy atom. The predicted octanol–water partition coefficient (Wildman–Crippen LogP) is 17.1. The van der Waals surface area contributed by atoms with Crippen molar-refractivity contribution in [3.63, 3.8) is 0 Å². The van der Waals surface area contributed by atoms with Crippen LogP contribution in [0.15, 0.2) is 200 Å². The summed E-state index contributed by atoms with van der Waals surface area (Å²) >= 11 is 0. The van der Waals surface area contributed by atoms with Gasteiger partial charge in [-0.1, -0.05) is 175 Å². The van der Waals surface area contributed by atoms with E-state index in [9.17, 15) is 0 Å². The van der Waals surface area contributed by atoms with Gasteiger partial charge in [-0.2, -0.15) is 0 Å². The summed E-state index contributed by atoms with van der Waals surface area (Å²) in [6.07, 6.45) is 1.62. The second-order valence-corrected chi connectivity index (χ2v) is 19.8. The maximum Gasteiger partial charge on any atom is 0.137 e. The van der Waals surface area contributed by atoms with E-state index in [0.29, 0.717) is 29.5 Å². The number of para-hydroxylation sites is 2. The van der Waals surface area contributed by atoms with Crippen LogP contribution in [0.5, 0.6) is 11.5 Å². The van der Waals surface area contributed by atoms with Crippen molar-refractivity contribution in [1.29, 1.82) is 0 Å². The van der Waals surface area contributed by atoms with E-state index >= 15 is 0 Å². The van der Waals surface area contributed by atoms with E-state index in [-0.39, 0.29) is 40.6 Å². The summed E-state index contributed by atoms with van der Waals surface area (Å²) in [5.74, 6) is 1.95.